The Morgan fingerprint density at radius 1 is 1.00 bits per heavy atom. The maximum absolute atomic E-state index is 12.6. The van der Waals surface area contributed by atoms with Crippen LogP contribution >= 0.6 is 0 Å². The zero-order valence-electron chi connectivity index (χ0n) is 13.6. The van der Waals surface area contributed by atoms with Crippen molar-refractivity contribution in [3.05, 3.63) is 53.3 Å². The van der Waals surface area contributed by atoms with Crippen molar-refractivity contribution in [3.63, 3.8) is 0 Å². The van der Waals surface area contributed by atoms with Crippen LogP contribution in [-0.4, -0.2) is 18.0 Å². The maximum Gasteiger partial charge on any atom is 0.261 e. The van der Waals surface area contributed by atoms with Crippen molar-refractivity contribution in [2.75, 3.05) is 4.72 Å². The molecule has 0 fully saturated rings. The van der Waals surface area contributed by atoms with Gasteiger partial charge in [-0.3, -0.25) is 4.72 Å². The number of aryl methyl sites for hydroxylation is 4. The molecule has 1 N–H and O–H groups in total. The Labute approximate surface area is 136 Å². The molecule has 0 saturated heterocycles. The first-order valence-corrected chi connectivity index (χ1v) is 8.79. The van der Waals surface area contributed by atoms with Gasteiger partial charge in [-0.25, -0.2) is 13.4 Å². The fourth-order valence-corrected chi connectivity index (χ4v) is 3.56. The Morgan fingerprint density at radius 3 is 2.43 bits per heavy atom. The predicted octanol–water partition coefficient (Wildman–Crippen LogP) is 3.30. The van der Waals surface area contributed by atoms with Gasteiger partial charge in [0.05, 0.1) is 15.9 Å². The fourth-order valence-electron chi connectivity index (χ4n) is 2.49. The SMILES string of the molecule is Cc1ccc(NS(=O)(=O)c2ccc3c(c2)nc(C)n3C)cc1C. The molecule has 0 saturated carbocycles. The average molecular weight is 329 g/mol. The quantitative estimate of drug-likeness (QED) is 0.802. The van der Waals surface area contributed by atoms with Crippen LogP contribution in [0.2, 0.25) is 0 Å². The summed E-state index contributed by atoms with van der Waals surface area (Å²) >= 11 is 0. The molecule has 0 atom stereocenters. The summed E-state index contributed by atoms with van der Waals surface area (Å²) in [5.41, 5.74) is 4.31. The van der Waals surface area contributed by atoms with E-state index in [1.807, 2.05) is 44.5 Å². The van der Waals surface area contributed by atoms with Crippen LogP contribution in [0, 0.1) is 20.8 Å². The summed E-state index contributed by atoms with van der Waals surface area (Å²) in [7, 11) is -1.73. The smallest absolute Gasteiger partial charge is 0.261 e. The zero-order valence-corrected chi connectivity index (χ0v) is 14.4. The molecule has 2 aromatic carbocycles. The van der Waals surface area contributed by atoms with Gasteiger partial charge in [0.25, 0.3) is 10.0 Å². The number of fused-ring (bicyclic) bond motifs is 1. The van der Waals surface area contributed by atoms with E-state index in [2.05, 4.69) is 9.71 Å². The van der Waals surface area contributed by atoms with Gasteiger partial charge in [0, 0.05) is 12.7 Å². The molecule has 1 aromatic heterocycles. The largest absolute Gasteiger partial charge is 0.331 e. The Bertz CT molecular complexity index is 1000. The molecule has 0 unspecified atom stereocenters. The number of hydrogen-bond acceptors (Lipinski definition) is 3. The lowest BCUT2D eigenvalue weighted by molar-refractivity contribution is 0.601. The Morgan fingerprint density at radius 2 is 1.74 bits per heavy atom. The zero-order chi connectivity index (χ0) is 16.8. The highest BCUT2D eigenvalue weighted by atomic mass is 32.2. The molecule has 1 heterocycles. The van der Waals surface area contributed by atoms with Crippen LogP contribution < -0.4 is 4.72 Å². The van der Waals surface area contributed by atoms with E-state index in [0.29, 0.717) is 11.2 Å². The molecule has 0 radical (unpaired) electrons. The monoisotopic (exact) mass is 329 g/mol. The van der Waals surface area contributed by atoms with Gasteiger partial charge in [0.2, 0.25) is 0 Å². The van der Waals surface area contributed by atoms with Gasteiger partial charge in [-0.1, -0.05) is 6.07 Å². The van der Waals surface area contributed by atoms with Crippen LogP contribution in [-0.2, 0) is 17.1 Å². The molecule has 0 amide bonds. The first-order valence-electron chi connectivity index (χ1n) is 7.31. The molecule has 120 valence electrons. The molecule has 0 bridgehead atoms. The second-order valence-electron chi connectivity index (χ2n) is 5.77. The van der Waals surface area contributed by atoms with E-state index in [1.54, 1.807) is 24.3 Å². The van der Waals surface area contributed by atoms with Gasteiger partial charge in [0.15, 0.2) is 0 Å². The Hall–Kier alpha value is -2.34. The summed E-state index contributed by atoms with van der Waals surface area (Å²) in [6.07, 6.45) is 0. The van der Waals surface area contributed by atoms with Gasteiger partial charge in [-0.15, -0.1) is 0 Å². The van der Waals surface area contributed by atoms with Gasteiger partial charge >= 0.3 is 0 Å². The molecule has 5 nitrogen and oxygen atoms in total. The molecule has 23 heavy (non-hydrogen) atoms. The number of nitrogens with one attached hydrogen (secondary N) is 1. The summed E-state index contributed by atoms with van der Waals surface area (Å²) < 4.78 is 29.7. The van der Waals surface area contributed by atoms with E-state index in [-0.39, 0.29) is 4.90 Å². The number of imidazole rings is 1. The van der Waals surface area contributed by atoms with E-state index in [0.717, 1.165) is 22.5 Å². The summed E-state index contributed by atoms with van der Waals surface area (Å²) in [5.74, 6) is 0.844. The van der Waals surface area contributed by atoms with Crippen LogP contribution in [0.5, 0.6) is 0 Å². The van der Waals surface area contributed by atoms with Crippen molar-refractivity contribution in [2.45, 2.75) is 25.7 Å². The second kappa shape index (κ2) is 5.38. The van der Waals surface area contributed by atoms with Crippen LogP contribution in [0.25, 0.3) is 11.0 Å². The Kier molecular flexibility index (Phi) is 3.64. The third-order valence-electron chi connectivity index (χ3n) is 4.15. The van der Waals surface area contributed by atoms with E-state index in [4.69, 9.17) is 0 Å². The lowest BCUT2D eigenvalue weighted by Gasteiger charge is -2.10. The van der Waals surface area contributed by atoms with Crippen molar-refractivity contribution in [2.24, 2.45) is 7.05 Å². The highest BCUT2D eigenvalue weighted by molar-refractivity contribution is 7.92. The molecular formula is C17H19N3O2S. The lowest BCUT2D eigenvalue weighted by atomic mass is 10.1. The number of benzene rings is 2. The molecule has 6 heteroatoms. The van der Waals surface area contributed by atoms with Crippen molar-refractivity contribution < 1.29 is 8.42 Å². The summed E-state index contributed by atoms with van der Waals surface area (Å²) in [6, 6.07) is 10.5. The minimum absolute atomic E-state index is 0.210. The van der Waals surface area contributed by atoms with Crippen molar-refractivity contribution in [1.82, 2.24) is 9.55 Å². The normalized spacial score (nSPS) is 11.8. The number of aromatic nitrogens is 2. The minimum Gasteiger partial charge on any atom is -0.331 e. The lowest BCUT2D eigenvalue weighted by Crippen LogP contribution is -2.13. The average Bonchev–Trinajstić information content (AvgIpc) is 2.77. The predicted molar refractivity (Wildman–Crippen MR) is 92.2 cm³/mol. The second-order valence-corrected chi connectivity index (χ2v) is 7.46. The third kappa shape index (κ3) is 2.82. The van der Waals surface area contributed by atoms with E-state index in [9.17, 15) is 8.42 Å². The Balaban J connectivity index is 2.00. The number of sulfonamides is 1. The molecule has 0 aliphatic carbocycles. The van der Waals surface area contributed by atoms with Gasteiger partial charge in [0.1, 0.15) is 5.82 Å². The van der Waals surface area contributed by atoms with Crippen LogP contribution in [0.4, 0.5) is 5.69 Å². The number of anilines is 1. The maximum atomic E-state index is 12.6. The van der Waals surface area contributed by atoms with E-state index >= 15 is 0 Å². The first kappa shape index (κ1) is 15.6. The van der Waals surface area contributed by atoms with E-state index in [1.165, 1.54) is 0 Å². The third-order valence-corrected chi connectivity index (χ3v) is 5.52. The van der Waals surface area contributed by atoms with Crippen LogP contribution in [0.3, 0.4) is 0 Å². The number of nitrogens with zero attached hydrogens (tertiary/aromatic N) is 2. The molecule has 0 aliphatic heterocycles. The van der Waals surface area contributed by atoms with Gasteiger partial charge < -0.3 is 4.57 Å². The molecule has 0 spiro atoms. The standard InChI is InChI=1S/C17H19N3O2S/c1-11-5-6-14(9-12(11)2)19-23(21,22)15-7-8-17-16(10-15)18-13(3)20(17)4/h5-10,19H,1-4H3. The minimum atomic E-state index is -3.64. The summed E-state index contributed by atoms with van der Waals surface area (Å²) in [4.78, 5) is 4.60. The summed E-state index contributed by atoms with van der Waals surface area (Å²) in [6.45, 7) is 5.84. The van der Waals surface area contributed by atoms with Crippen LogP contribution in [0.15, 0.2) is 41.3 Å². The summed E-state index contributed by atoms with van der Waals surface area (Å²) in [5, 5.41) is 0. The number of rotatable bonds is 3. The van der Waals surface area contributed by atoms with Gasteiger partial charge in [-0.05, 0) is 62.2 Å². The highest BCUT2D eigenvalue weighted by Crippen LogP contribution is 2.22. The van der Waals surface area contributed by atoms with Crippen molar-refractivity contribution >= 4 is 26.7 Å². The molecular weight excluding hydrogens is 310 g/mol. The highest BCUT2D eigenvalue weighted by Gasteiger charge is 2.16. The molecule has 3 aromatic rings. The van der Waals surface area contributed by atoms with E-state index < -0.39 is 10.0 Å². The molecule has 3 rings (SSSR count). The topological polar surface area (TPSA) is 64.0 Å². The fraction of sp³-hybridized carbons (Fsp3) is 0.235. The van der Waals surface area contributed by atoms with Crippen molar-refractivity contribution in [1.29, 1.82) is 0 Å². The van der Waals surface area contributed by atoms with Gasteiger partial charge in [-0.2, -0.15) is 0 Å². The number of hydrogen-bond donors (Lipinski definition) is 1. The first-order chi connectivity index (χ1) is 10.8. The molecule has 0 aliphatic rings. The van der Waals surface area contributed by atoms with Crippen LogP contribution in [0.1, 0.15) is 17.0 Å². The van der Waals surface area contributed by atoms with Crippen molar-refractivity contribution in [3.8, 4) is 0 Å².